The zero-order valence-electron chi connectivity index (χ0n) is 21.5. The Balaban J connectivity index is 1.95. The number of unbranched alkanes of at least 4 members (excludes halogenated alkanes) is 3. The van der Waals surface area contributed by atoms with E-state index in [2.05, 4.69) is 19.1 Å². The minimum Gasteiger partial charge on any atom is -0.484 e. The van der Waals surface area contributed by atoms with Gasteiger partial charge in [-0.25, -0.2) is 4.79 Å². The SMILES string of the molecule is CCCCCCN(CCc1ccccc1)C(=O)COc1ccc(C[C@](CC)(OCC)C(=O)O)cc1. The van der Waals surface area contributed by atoms with Gasteiger partial charge in [-0.3, -0.25) is 4.79 Å². The third-order valence-electron chi connectivity index (χ3n) is 6.30. The fourth-order valence-electron chi connectivity index (χ4n) is 4.11. The molecule has 0 bridgehead atoms. The van der Waals surface area contributed by atoms with E-state index in [1.807, 2.05) is 42.2 Å². The lowest BCUT2D eigenvalue weighted by Crippen LogP contribution is -2.43. The molecule has 35 heavy (non-hydrogen) atoms. The number of carbonyl (C=O) groups is 2. The lowest BCUT2D eigenvalue weighted by Gasteiger charge is -2.28. The van der Waals surface area contributed by atoms with E-state index in [1.54, 1.807) is 19.1 Å². The van der Waals surface area contributed by atoms with Crippen molar-refractivity contribution in [1.82, 2.24) is 4.90 Å². The van der Waals surface area contributed by atoms with Crippen LogP contribution in [0, 0.1) is 0 Å². The summed E-state index contributed by atoms with van der Waals surface area (Å²) in [4.78, 5) is 26.7. The van der Waals surface area contributed by atoms with Crippen LogP contribution in [0.5, 0.6) is 5.75 Å². The molecule has 6 heteroatoms. The molecule has 0 aliphatic carbocycles. The van der Waals surface area contributed by atoms with Crippen molar-refractivity contribution < 1.29 is 24.2 Å². The highest BCUT2D eigenvalue weighted by Gasteiger charge is 2.37. The molecule has 1 amide bonds. The number of benzene rings is 2. The first kappa shape index (κ1) is 28.4. The Morgan fingerprint density at radius 3 is 2.20 bits per heavy atom. The van der Waals surface area contributed by atoms with E-state index in [9.17, 15) is 14.7 Å². The summed E-state index contributed by atoms with van der Waals surface area (Å²) in [6, 6.07) is 17.4. The fraction of sp³-hybridized carbons (Fsp3) is 0.517. The smallest absolute Gasteiger partial charge is 0.336 e. The molecule has 1 N–H and O–H groups in total. The molecule has 0 fully saturated rings. The van der Waals surface area contributed by atoms with Crippen molar-refractivity contribution >= 4 is 11.9 Å². The number of carbonyl (C=O) groups excluding carboxylic acids is 1. The van der Waals surface area contributed by atoms with E-state index in [4.69, 9.17) is 9.47 Å². The topological polar surface area (TPSA) is 76.1 Å². The minimum atomic E-state index is -1.23. The average Bonchev–Trinajstić information content (AvgIpc) is 2.87. The molecule has 0 aliphatic heterocycles. The Morgan fingerprint density at radius 1 is 0.886 bits per heavy atom. The quantitative estimate of drug-likeness (QED) is 0.300. The summed E-state index contributed by atoms with van der Waals surface area (Å²) in [5.41, 5.74) is 0.832. The molecule has 0 aliphatic rings. The number of ether oxygens (including phenoxy) is 2. The number of nitrogens with zero attached hydrogens (tertiary/aromatic N) is 1. The zero-order valence-corrected chi connectivity index (χ0v) is 21.5. The zero-order chi connectivity index (χ0) is 25.5. The molecule has 0 aromatic heterocycles. The largest absolute Gasteiger partial charge is 0.484 e. The maximum atomic E-state index is 13.0. The maximum absolute atomic E-state index is 13.0. The lowest BCUT2D eigenvalue weighted by molar-refractivity contribution is -0.166. The number of hydrogen-bond acceptors (Lipinski definition) is 4. The Morgan fingerprint density at radius 2 is 1.60 bits per heavy atom. The molecule has 1 atom stereocenters. The number of hydrogen-bond donors (Lipinski definition) is 1. The van der Waals surface area contributed by atoms with Crippen LogP contribution in [0.4, 0.5) is 0 Å². The Labute approximate surface area is 210 Å². The van der Waals surface area contributed by atoms with E-state index in [-0.39, 0.29) is 18.9 Å². The molecule has 192 valence electrons. The van der Waals surface area contributed by atoms with Gasteiger partial charge < -0.3 is 19.5 Å². The Bertz CT molecular complexity index is 884. The van der Waals surface area contributed by atoms with Crippen molar-refractivity contribution in [2.24, 2.45) is 0 Å². The summed E-state index contributed by atoms with van der Waals surface area (Å²) >= 11 is 0. The molecule has 2 aromatic carbocycles. The van der Waals surface area contributed by atoms with Crippen molar-refractivity contribution in [3.63, 3.8) is 0 Å². The van der Waals surface area contributed by atoms with Gasteiger partial charge in [0.1, 0.15) is 5.75 Å². The third kappa shape index (κ3) is 9.36. The van der Waals surface area contributed by atoms with Gasteiger partial charge >= 0.3 is 5.97 Å². The van der Waals surface area contributed by atoms with Crippen molar-refractivity contribution in [2.45, 2.75) is 71.3 Å². The van der Waals surface area contributed by atoms with Crippen molar-refractivity contribution in [2.75, 3.05) is 26.3 Å². The van der Waals surface area contributed by atoms with E-state index in [0.717, 1.165) is 37.8 Å². The van der Waals surface area contributed by atoms with Crippen molar-refractivity contribution in [3.8, 4) is 5.75 Å². The molecule has 2 aromatic rings. The van der Waals surface area contributed by atoms with Crippen LogP contribution in [-0.2, 0) is 27.2 Å². The fourth-order valence-corrected chi connectivity index (χ4v) is 4.11. The van der Waals surface area contributed by atoms with Gasteiger partial charge in [-0.05, 0) is 49.4 Å². The first-order chi connectivity index (χ1) is 16.9. The van der Waals surface area contributed by atoms with Crippen LogP contribution in [0.1, 0.15) is 64.0 Å². The van der Waals surface area contributed by atoms with E-state index >= 15 is 0 Å². The van der Waals surface area contributed by atoms with Crippen LogP contribution in [-0.4, -0.2) is 53.8 Å². The summed E-state index contributed by atoms with van der Waals surface area (Å²) in [6.07, 6.45) is 5.91. The Hall–Kier alpha value is -2.86. The van der Waals surface area contributed by atoms with Gasteiger partial charge in [-0.1, -0.05) is 75.6 Å². The van der Waals surface area contributed by atoms with Crippen molar-refractivity contribution in [1.29, 1.82) is 0 Å². The number of amides is 1. The molecular weight excluding hydrogens is 442 g/mol. The highest BCUT2D eigenvalue weighted by Crippen LogP contribution is 2.24. The summed E-state index contributed by atoms with van der Waals surface area (Å²) in [7, 11) is 0. The second-order valence-corrected chi connectivity index (χ2v) is 8.87. The number of aliphatic carboxylic acids is 1. The van der Waals surface area contributed by atoms with Crippen LogP contribution in [0.15, 0.2) is 54.6 Å². The van der Waals surface area contributed by atoms with Crippen LogP contribution in [0.25, 0.3) is 0 Å². The van der Waals surface area contributed by atoms with Gasteiger partial charge in [0, 0.05) is 26.1 Å². The van der Waals surface area contributed by atoms with Crippen LogP contribution in [0.3, 0.4) is 0 Å². The second-order valence-electron chi connectivity index (χ2n) is 8.87. The van der Waals surface area contributed by atoms with Gasteiger partial charge in [0.25, 0.3) is 5.91 Å². The molecule has 6 nitrogen and oxygen atoms in total. The second kappa shape index (κ2) is 15.2. The van der Waals surface area contributed by atoms with Crippen molar-refractivity contribution in [3.05, 3.63) is 65.7 Å². The molecular formula is C29H41NO5. The number of carboxylic acids is 1. The van der Waals surface area contributed by atoms with E-state index in [0.29, 0.717) is 25.3 Å². The van der Waals surface area contributed by atoms with Crippen LogP contribution < -0.4 is 4.74 Å². The molecule has 0 radical (unpaired) electrons. The summed E-state index contributed by atoms with van der Waals surface area (Å²) in [5, 5.41) is 9.68. The summed E-state index contributed by atoms with van der Waals surface area (Å²) in [5.74, 6) is -0.388. The highest BCUT2D eigenvalue weighted by atomic mass is 16.5. The minimum absolute atomic E-state index is 0.0190. The first-order valence-electron chi connectivity index (χ1n) is 12.8. The first-order valence-corrected chi connectivity index (χ1v) is 12.8. The molecule has 0 spiro atoms. The molecule has 0 unspecified atom stereocenters. The van der Waals surface area contributed by atoms with E-state index < -0.39 is 11.6 Å². The van der Waals surface area contributed by atoms with Gasteiger partial charge in [0.15, 0.2) is 12.2 Å². The molecule has 0 saturated heterocycles. The Kier molecular flexibility index (Phi) is 12.3. The predicted octanol–water partition coefficient (Wildman–Crippen LogP) is 5.53. The standard InChI is InChI=1S/C29H41NO5/c1-4-7-8-12-20-30(21-19-24-13-10-9-11-14-24)27(31)23-34-26-17-15-25(16-18-26)22-29(5-2,28(32)33)35-6-3/h9-11,13-18H,4-8,12,19-23H2,1-3H3,(H,32,33)/t29-/m0/s1. The normalized spacial score (nSPS) is 12.7. The van der Waals surface area contributed by atoms with Gasteiger partial charge in [0.05, 0.1) is 0 Å². The third-order valence-corrected chi connectivity index (χ3v) is 6.30. The summed E-state index contributed by atoms with van der Waals surface area (Å²) < 4.78 is 11.4. The predicted molar refractivity (Wildman–Crippen MR) is 139 cm³/mol. The van der Waals surface area contributed by atoms with Gasteiger partial charge in [-0.2, -0.15) is 0 Å². The average molecular weight is 484 g/mol. The van der Waals surface area contributed by atoms with Gasteiger partial charge in [-0.15, -0.1) is 0 Å². The molecule has 0 heterocycles. The number of carboxylic acid groups (broad SMARTS) is 1. The summed E-state index contributed by atoms with van der Waals surface area (Å²) in [6.45, 7) is 7.52. The van der Waals surface area contributed by atoms with Crippen LogP contribution >= 0.6 is 0 Å². The maximum Gasteiger partial charge on any atom is 0.336 e. The monoisotopic (exact) mass is 483 g/mol. The molecule has 2 rings (SSSR count). The van der Waals surface area contributed by atoms with Crippen LogP contribution in [0.2, 0.25) is 0 Å². The lowest BCUT2D eigenvalue weighted by atomic mass is 9.91. The van der Waals surface area contributed by atoms with E-state index in [1.165, 1.54) is 12.0 Å². The molecule has 0 saturated carbocycles. The number of rotatable bonds is 17. The van der Waals surface area contributed by atoms with Gasteiger partial charge in [0.2, 0.25) is 0 Å². The highest BCUT2D eigenvalue weighted by molar-refractivity contribution is 5.78.